The third-order valence-electron chi connectivity index (χ3n) is 4.78. The van der Waals surface area contributed by atoms with Gasteiger partial charge in [-0.2, -0.15) is 0 Å². The number of halogens is 2. The van der Waals surface area contributed by atoms with Crippen LogP contribution >= 0.6 is 23.2 Å². The average Bonchev–Trinajstić information content (AvgIpc) is 3.27. The molecule has 4 rings (SSSR count). The molecule has 0 aliphatic carbocycles. The van der Waals surface area contributed by atoms with Gasteiger partial charge in [0.15, 0.2) is 0 Å². The number of rotatable bonds is 4. The minimum absolute atomic E-state index is 0.0409. The van der Waals surface area contributed by atoms with Crippen molar-refractivity contribution in [2.24, 2.45) is 0 Å². The first-order chi connectivity index (χ1) is 13.0. The van der Waals surface area contributed by atoms with Gasteiger partial charge < -0.3 is 9.88 Å². The van der Waals surface area contributed by atoms with Crippen molar-refractivity contribution in [1.82, 2.24) is 4.57 Å². The van der Waals surface area contributed by atoms with Crippen molar-refractivity contribution in [3.8, 4) is 0 Å². The molecular formula is C21H16Cl2N2O2. The van der Waals surface area contributed by atoms with Crippen LogP contribution in [0.25, 0.3) is 0 Å². The standard InChI is InChI=1S/C21H16Cl2N2O2/c22-14-6-7-16(23)17(12-14)24-21(27)15-10-11-25-18(15)8-9-19(25)20(26)13-4-2-1-3-5-13/h1-9,12,15H,10-11H2,(H,24,27)/t15-/m0/s1. The van der Waals surface area contributed by atoms with E-state index in [1.165, 1.54) is 0 Å². The number of aromatic nitrogens is 1. The monoisotopic (exact) mass is 398 g/mol. The maximum Gasteiger partial charge on any atom is 0.233 e. The summed E-state index contributed by atoms with van der Waals surface area (Å²) < 4.78 is 1.93. The number of carbonyl (C=O) groups excluding carboxylic acids is 2. The molecule has 1 atom stereocenters. The molecule has 0 spiro atoms. The van der Waals surface area contributed by atoms with Crippen molar-refractivity contribution in [3.63, 3.8) is 0 Å². The first-order valence-electron chi connectivity index (χ1n) is 8.59. The Morgan fingerprint density at radius 3 is 2.56 bits per heavy atom. The highest BCUT2D eigenvalue weighted by Crippen LogP contribution is 2.33. The summed E-state index contributed by atoms with van der Waals surface area (Å²) in [6.07, 6.45) is 0.634. The molecule has 0 saturated carbocycles. The van der Waals surface area contributed by atoms with Crippen LogP contribution in [0.4, 0.5) is 5.69 Å². The summed E-state index contributed by atoms with van der Waals surface area (Å²) >= 11 is 12.1. The third-order valence-corrected chi connectivity index (χ3v) is 5.35. The fourth-order valence-corrected chi connectivity index (χ4v) is 3.79. The van der Waals surface area contributed by atoms with Crippen LogP contribution in [0.2, 0.25) is 10.0 Å². The lowest BCUT2D eigenvalue weighted by Crippen LogP contribution is -2.19. The molecule has 1 aliphatic rings. The van der Waals surface area contributed by atoms with Crippen LogP contribution in [0.5, 0.6) is 0 Å². The number of hydrogen-bond acceptors (Lipinski definition) is 2. The van der Waals surface area contributed by atoms with Crippen molar-refractivity contribution in [3.05, 3.63) is 87.7 Å². The molecule has 0 radical (unpaired) electrons. The molecule has 136 valence electrons. The van der Waals surface area contributed by atoms with Gasteiger partial charge in [0.05, 0.1) is 22.3 Å². The van der Waals surface area contributed by atoms with Gasteiger partial charge in [0.2, 0.25) is 11.7 Å². The summed E-state index contributed by atoms with van der Waals surface area (Å²) in [6, 6.07) is 17.7. The van der Waals surface area contributed by atoms with Crippen molar-refractivity contribution in [1.29, 1.82) is 0 Å². The molecule has 1 aliphatic heterocycles. The lowest BCUT2D eigenvalue weighted by molar-refractivity contribution is -0.117. The van der Waals surface area contributed by atoms with E-state index in [2.05, 4.69) is 5.32 Å². The molecule has 1 amide bonds. The van der Waals surface area contributed by atoms with Gasteiger partial charge in [-0.3, -0.25) is 9.59 Å². The molecule has 1 N–H and O–H groups in total. The summed E-state index contributed by atoms with van der Waals surface area (Å²) in [5.41, 5.74) is 2.56. The molecule has 0 bridgehead atoms. The van der Waals surface area contributed by atoms with Gasteiger partial charge >= 0.3 is 0 Å². The molecular weight excluding hydrogens is 383 g/mol. The fraction of sp³-hybridized carbons (Fsp3) is 0.143. The largest absolute Gasteiger partial charge is 0.341 e. The molecule has 27 heavy (non-hydrogen) atoms. The quantitative estimate of drug-likeness (QED) is 0.617. The first kappa shape index (κ1) is 17.8. The molecule has 4 nitrogen and oxygen atoms in total. The molecule has 0 fully saturated rings. The predicted octanol–water partition coefficient (Wildman–Crippen LogP) is 5.15. The van der Waals surface area contributed by atoms with Crippen molar-refractivity contribution in [2.75, 3.05) is 5.32 Å². The van der Waals surface area contributed by atoms with Crippen LogP contribution in [-0.2, 0) is 11.3 Å². The van der Waals surface area contributed by atoms with Crippen LogP contribution in [0.3, 0.4) is 0 Å². The van der Waals surface area contributed by atoms with Crippen LogP contribution in [0.1, 0.15) is 34.1 Å². The maximum atomic E-state index is 12.8. The van der Waals surface area contributed by atoms with E-state index in [-0.39, 0.29) is 17.6 Å². The Kier molecular flexibility index (Phi) is 4.77. The average molecular weight is 399 g/mol. The highest BCUT2D eigenvalue weighted by Gasteiger charge is 2.32. The number of anilines is 1. The lowest BCUT2D eigenvalue weighted by Gasteiger charge is -2.12. The second kappa shape index (κ2) is 7.22. The normalized spacial score (nSPS) is 15.4. The Morgan fingerprint density at radius 2 is 1.78 bits per heavy atom. The Labute approximate surface area is 166 Å². The summed E-state index contributed by atoms with van der Waals surface area (Å²) in [4.78, 5) is 25.5. The van der Waals surface area contributed by atoms with Crippen LogP contribution in [-0.4, -0.2) is 16.3 Å². The van der Waals surface area contributed by atoms with E-state index in [1.807, 2.05) is 28.8 Å². The molecule has 0 unspecified atom stereocenters. The Bertz CT molecular complexity index is 1030. The van der Waals surface area contributed by atoms with Gasteiger partial charge in [-0.1, -0.05) is 53.5 Å². The zero-order valence-corrected chi connectivity index (χ0v) is 15.8. The molecule has 2 aromatic carbocycles. The summed E-state index contributed by atoms with van der Waals surface area (Å²) in [5, 5.41) is 3.78. The minimum atomic E-state index is -0.336. The smallest absolute Gasteiger partial charge is 0.233 e. The number of benzene rings is 2. The number of hydrogen-bond donors (Lipinski definition) is 1. The highest BCUT2D eigenvalue weighted by atomic mass is 35.5. The van der Waals surface area contributed by atoms with E-state index in [0.717, 1.165) is 5.69 Å². The fourth-order valence-electron chi connectivity index (χ4n) is 3.46. The third kappa shape index (κ3) is 3.38. The van der Waals surface area contributed by atoms with E-state index < -0.39 is 0 Å². The Hall–Kier alpha value is -2.56. The molecule has 0 saturated heterocycles. The minimum Gasteiger partial charge on any atom is -0.341 e. The van der Waals surface area contributed by atoms with Gasteiger partial charge in [-0.05, 0) is 36.8 Å². The van der Waals surface area contributed by atoms with Gasteiger partial charge in [-0.25, -0.2) is 0 Å². The van der Waals surface area contributed by atoms with Crippen molar-refractivity contribution < 1.29 is 9.59 Å². The van der Waals surface area contributed by atoms with Crippen molar-refractivity contribution in [2.45, 2.75) is 18.9 Å². The van der Waals surface area contributed by atoms with E-state index in [1.54, 1.807) is 36.4 Å². The number of ketones is 1. The zero-order chi connectivity index (χ0) is 19.0. The van der Waals surface area contributed by atoms with Crippen molar-refractivity contribution >= 4 is 40.6 Å². The Balaban J connectivity index is 1.58. The maximum absolute atomic E-state index is 12.8. The van der Waals surface area contributed by atoms with E-state index in [4.69, 9.17) is 23.2 Å². The number of fused-ring (bicyclic) bond motifs is 1. The topological polar surface area (TPSA) is 51.1 Å². The lowest BCUT2D eigenvalue weighted by atomic mass is 10.0. The number of nitrogens with one attached hydrogen (secondary N) is 1. The predicted molar refractivity (Wildman–Crippen MR) is 107 cm³/mol. The van der Waals surface area contributed by atoms with Crippen LogP contribution < -0.4 is 5.32 Å². The summed E-state index contributed by atoms with van der Waals surface area (Å²) in [7, 11) is 0. The highest BCUT2D eigenvalue weighted by molar-refractivity contribution is 6.35. The molecule has 6 heteroatoms. The van der Waals surface area contributed by atoms with Crippen LogP contribution in [0.15, 0.2) is 60.7 Å². The number of carbonyl (C=O) groups is 2. The van der Waals surface area contributed by atoms with Gasteiger partial charge in [0, 0.05) is 22.8 Å². The SMILES string of the molecule is O=C(c1ccccc1)c1ccc2n1CC[C@@H]2C(=O)Nc1cc(Cl)ccc1Cl. The zero-order valence-electron chi connectivity index (χ0n) is 14.3. The van der Waals surface area contributed by atoms with Gasteiger partial charge in [-0.15, -0.1) is 0 Å². The van der Waals surface area contributed by atoms with Crippen LogP contribution in [0, 0.1) is 0 Å². The van der Waals surface area contributed by atoms with Gasteiger partial charge in [0.1, 0.15) is 0 Å². The number of nitrogens with zero attached hydrogens (tertiary/aromatic N) is 1. The van der Waals surface area contributed by atoms with E-state index in [9.17, 15) is 9.59 Å². The molecule has 1 aromatic heterocycles. The molecule has 2 heterocycles. The molecule has 3 aromatic rings. The van der Waals surface area contributed by atoms with Gasteiger partial charge in [0.25, 0.3) is 0 Å². The van der Waals surface area contributed by atoms with E-state index in [0.29, 0.717) is 40.0 Å². The van der Waals surface area contributed by atoms with E-state index >= 15 is 0 Å². The second-order valence-electron chi connectivity index (χ2n) is 6.44. The Morgan fingerprint density at radius 1 is 1.00 bits per heavy atom. The number of amides is 1. The second-order valence-corrected chi connectivity index (χ2v) is 7.29. The summed E-state index contributed by atoms with van der Waals surface area (Å²) in [6.45, 7) is 0.623. The first-order valence-corrected chi connectivity index (χ1v) is 9.35. The summed E-state index contributed by atoms with van der Waals surface area (Å²) in [5.74, 6) is -0.534.